The van der Waals surface area contributed by atoms with E-state index in [-0.39, 0.29) is 13.2 Å². The Balaban J connectivity index is 2.39. The summed E-state index contributed by atoms with van der Waals surface area (Å²) in [6.45, 7) is 6.79. The third kappa shape index (κ3) is 6.63. The standard InChI is InChI=1S/C15H30N2O4/c1-15(2,3)21-14(20)16(4)10-13(19)11-17(8-9-18)12-6-5-7-12/h12-13,18-19H,5-11H2,1-4H3/t13-/m1/s1. The zero-order valence-electron chi connectivity index (χ0n) is 13.7. The topological polar surface area (TPSA) is 73.2 Å². The van der Waals surface area contributed by atoms with Crippen LogP contribution in [0, 0.1) is 0 Å². The summed E-state index contributed by atoms with van der Waals surface area (Å²) in [4.78, 5) is 15.4. The van der Waals surface area contributed by atoms with E-state index in [4.69, 9.17) is 9.84 Å². The smallest absolute Gasteiger partial charge is 0.410 e. The second-order valence-electron chi connectivity index (χ2n) is 6.82. The highest BCUT2D eigenvalue weighted by Gasteiger charge is 2.27. The van der Waals surface area contributed by atoms with Crippen molar-refractivity contribution < 1.29 is 19.7 Å². The fourth-order valence-electron chi connectivity index (χ4n) is 2.36. The van der Waals surface area contributed by atoms with Gasteiger partial charge in [-0.25, -0.2) is 4.79 Å². The zero-order valence-corrected chi connectivity index (χ0v) is 13.7. The van der Waals surface area contributed by atoms with Gasteiger partial charge >= 0.3 is 6.09 Å². The van der Waals surface area contributed by atoms with Gasteiger partial charge in [0.2, 0.25) is 0 Å². The maximum absolute atomic E-state index is 11.8. The molecule has 0 saturated heterocycles. The second-order valence-corrected chi connectivity index (χ2v) is 6.82. The second kappa shape index (κ2) is 7.96. The normalized spacial score (nSPS) is 17.5. The van der Waals surface area contributed by atoms with Gasteiger partial charge in [-0.15, -0.1) is 0 Å². The molecule has 6 nitrogen and oxygen atoms in total. The van der Waals surface area contributed by atoms with E-state index < -0.39 is 17.8 Å². The molecular weight excluding hydrogens is 272 g/mol. The van der Waals surface area contributed by atoms with Gasteiger partial charge in [0, 0.05) is 26.2 Å². The average Bonchev–Trinajstić information content (AvgIpc) is 2.24. The molecule has 0 aromatic heterocycles. The van der Waals surface area contributed by atoms with Gasteiger partial charge in [0.25, 0.3) is 0 Å². The molecule has 0 aromatic carbocycles. The van der Waals surface area contributed by atoms with Gasteiger partial charge in [0.05, 0.1) is 19.3 Å². The Kier molecular flexibility index (Phi) is 6.90. The quantitative estimate of drug-likeness (QED) is 0.736. The van der Waals surface area contributed by atoms with E-state index >= 15 is 0 Å². The molecule has 21 heavy (non-hydrogen) atoms. The first-order chi connectivity index (χ1) is 9.73. The van der Waals surface area contributed by atoms with E-state index in [0.29, 0.717) is 19.1 Å². The van der Waals surface area contributed by atoms with Crippen LogP contribution in [0.5, 0.6) is 0 Å². The fourth-order valence-corrected chi connectivity index (χ4v) is 2.36. The van der Waals surface area contributed by atoms with Crippen molar-refractivity contribution in [3.63, 3.8) is 0 Å². The minimum Gasteiger partial charge on any atom is -0.444 e. The summed E-state index contributed by atoms with van der Waals surface area (Å²) in [6, 6.07) is 0.457. The number of amides is 1. The van der Waals surface area contributed by atoms with Gasteiger partial charge in [-0.2, -0.15) is 0 Å². The third-order valence-electron chi connectivity index (χ3n) is 3.61. The summed E-state index contributed by atoms with van der Waals surface area (Å²) >= 11 is 0. The Hall–Kier alpha value is -0.850. The minimum absolute atomic E-state index is 0.0884. The van der Waals surface area contributed by atoms with Crippen molar-refractivity contribution in [2.45, 2.75) is 57.8 Å². The summed E-state index contributed by atoms with van der Waals surface area (Å²) in [5.74, 6) is 0. The number of ether oxygens (including phenoxy) is 1. The third-order valence-corrected chi connectivity index (χ3v) is 3.61. The van der Waals surface area contributed by atoms with Gasteiger partial charge in [0.1, 0.15) is 5.60 Å². The van der Waals surface area contributed by atoms with E-state index in [1.54, 1.807) is 7.05 Å². The monoisotopic (exact) mass is 302 g/mol. The Morgan fingerprint density at radius 1 is 1.33 bits per heavy atom. The maximum Gasteiger partial charge on any atom is 0.410 e. The number of likely N-dealkylation sites (N-methyl/N-ethyl adjacent to an activating group) is 1. The van der Waals surface area contributed by atoms with Crippen LogP contribution in [-0.4, -0.2) is 77.1 Å². The first-order valence-electron chi connectivity index (χ1n) is 7.70. The molecule has 2 N–H and O–H groups in total. The van der Waals surface area contributed by atoms with Gasteiger partial charge in [-0.1, -0.05) is 6.42 Å². The van der Waals surface area contributed by atoms with Crippen LogP contribution in [0.4, 0.5) is 4.79 Å². The summed E-state index contributed by atoms with van der Waals surface area (Å²) < 4.78 is 5.25. The highest BCUT2D eigenvalue weighted by Crippen LogP contribution is 2.24. The SMILES string of the molecule is CN(C[C@@H](O)CN(CCO)C1CCC1)C(=O)OC(C)(C)C. The molecular formula is C15H30N2O4. The van der Waals surface area contributed by atoms with Crippen LogP contribution in [0.2, 0.25) is 0 Å². The summed E-state index contributed by atoms with van der Waals surface area (Å²) in [7, 11) is 1.62. The lowest BCUT2D eigenvalue weighted by atomic mass is 9.91. The molecule has 0 spiro atoms. The maximum atomic E-state index is 11.8. The number of hydrogen-bond donors (Lipinski definition) is 2. The minimum atomic E-state index is -0.644. The van der Waals surface area contributed by atoms with Crippen molar-refractivity contribution >= 4 is 6.09 Å². The van der Waals surface area contributed by atoms with Crippen LogP contribution >= 0.6 is 0 Å². The van der Waals surface area contributed by atoms with Crippen molar-refractivity contribution in [3.05, 3.63) is 0 Å². The fraction of sp³-hybridized carbons (Fsp3) is 0.933. The van der Waals surface area contributed by atoms with Crippen molar-refractivity contribution in [1.29, 1.82) is 0 Å². The summed E-state index contributed by atoms with van der Waals surface area (Å²) in [5.41, 5.74) is -0.537. The molecule has 1 aliphatic rings. The number of aliphatic hydroxyl groups excluding tert-OH is 2. The lowest BCUT2D eigenvalue weighted by Crippen LogP contribution is -2.48. The first-order valence-corrected chi connectivity index (χ1v) is 7.70. The number of carbonyl (C=O) groups excluding carboxylic acids is 1. The lowest BCUT2D eigenvalue weighted by Gasteiger charge is -2.38. The highest BCUT2D eigenvalue weighted by molar-refractivity contribution is 5.67. The largest absolute Gasteiger partial charge is 0.444 e. The molecule has 0 heterocycles. The Labute approximate surface area is 127 Å². The molecule has 0 aliphatic heterocycles. The van der Waals surface area contributed by atoms with Crippen LogP contribution in [-0.2, 0) is 4.74 Å². The average molecular weight is 302 g/mol. The lowest BCUT2D eigenvalue weighted by molar-refractivity contribution is 0.00791. The van der Waals surface area contributed by atoms with Gasteiger partial charge in [0.15, 0.2) is 0 Å². The molecule has 1 fully saturated rings. The highest BCUT2D eigenvalue weighted by atomic mass is 16.6. The predicted molar refractivity (Wildman–Crippen MR) is 81.2 cm³/mol. The van der Waals surface area contributed by atoms with Crippen LogP contribution in [0.3, 0.4) is 0 Å². The van der Waals surface area contributed by atoms with Crippen molar-refractivity contribution in [3.8, 4) is 0 Å². The molecule has 0 radical (unpaired) electrons. The van der Waals surface area contributed by atoms with Gasteiger partial charge < -0.3 is 19.8 Å². The summed E-state index contributed by atoms with van der Waals surface area (Å²) in [6.07, 6.45) is 2.37. The molecule has 0 unspecified atom stereocenters. The number of nitrogens with zero attached hydrogens (tertiary/aromatic N) is 2. The molecule has 1 aliphatic carbocycles. The molecule has 1 saturated carbocycles. The number of carbonyl (C=O) groups is 1. The predicted octanol–water partition coefficient (Wildman–Crippen LogP) is 1.06. The molecule has 1 atom stereocenters. The molecule has 0 bridgehead atoms. The van der Waals surface area contributed by atoms with Crippen molar-refractivity contribution in [2.75, 3.05) is 33.3 Å². The molecule has 0 aromatic rings. The van der Waals surface area contributed by atoms with E-state index in [0.717, 1.165) is 12.8 Å². The van der Waals surface area contributed by atoms with Gasteiger partial charge in [-0.3, -0.25) is 4.90 Å². The van der Waals surface area contributed by atoms with E-state index in [1.807, 2.05) is 20.8 Å². The van der Waals surface area contributed by atoms with E-state index in [9.17, 15) is 9.90 Å². The first kappa shape index (κ1) is 18.2. The zero-order chi connectivity index (χ0) is 16.0. The van der Waals surface area contributed by atoms with Crippen molar-refractivity contribution in [2.24, 2.45) is 0 Å². The number of rotatable bonds is 7. The molecule has 6 heteroatoms. The van der Waals surface area contributed by atoms with Crippen LogP contribution in [0.1, 0.15) is 40.0 Å². The Morgan fingerprint density at radius 3 is 2.38 bits per heavy atom. The van der Waals surface area contributed by atoms with Gasteiger partial charge in [-0.05, 0) is 33.6 Å². The Bertz CT molecular complexity index is 326. The summed E-state index contributed by atoms with van der Waals surface area (Å²) in [5, 5.41) is 19.3. The molecule has 1 rings (SSSR count). The van der Waals surface area contributed by atoms with E-state index in [1.165, 1.54) is 11.3 Å². The number of aliphatic hydroxyl groups is 2. The Morgan fingerprint density at radius 2 is 1.95 bits per heavy atom. The van der Waals surface area contributed by atoms with Crippen LogP contribution in [0.15, 0.2) is 0 Å². The molecule has 124 valence electrons. The molecule has 1 amide bonds. The van der Waals surface area contributed by atoms with Crippen molar-refractivity contribution in [1.82, 2.24) is 9.80 Å². The van der Waals surface area contributed by atoms with E-state index in [2.05, 4.69) is 4.90 Å². The van der Waals surface area contributed by atoms with Crippen LogP contribution < -0.4 is 0 Å². The number of hydrogen-bond acceptors (Lipinski definition) is 5. The van der Waals surface area contributed by atoms with Crippen LogP contribution in [0.25, 0.3) is 0 Å².